The number of anilines is 1. The number of hydrogen-bond acceptors (Lipinski definition) is 5. The Morgan fingerprint density at radius 1 is 1.06 bits per heavy atom. The van der Waals surface area contributed by atoms with Gasteiger partial charge in [0.05, 0.1) is 19.1 Å². The second-order valence-electron chi connectivity index (χ2n) is 9.28. The molecule has 2 rings (SSSR count). The van der Waals surface area contributed by atoms with Gasteiger partial charge < -0.3 is 15.0 Å². The lowest BCUT2D eigenvalue weighted by molar-refractivity contribution is -0.141. The van der Waals surface area contributed by atoms with Gasteiger partial charge in [-0.05, 0) is 69.2 Å². The lowest BCUT2D eigenvalue weighted by atomic mass is 10.1. The Balaban J connectivity index is 2.44. The van der Waals surface area contributed by atoms with Crippen molar-refractivity contribution in [3.63, 3.8) is 0 Å². The molecule has 10 heteroatoms. The van der Waals surface area contributed by atoms with E-state index < -0.39 is 34.1 Å². The van der Waals surface area contributed by atoms with E-state index in [1.165, 1.54) is 4.90 Å². The second kappa shape index (κ2) is 11.9. The van der Waals surface area contributed by atoms with Crippen LogP contribution in [0.3, 0.4) is 0 Å². The molecule has 0 saturated carbocycles. The number of carbonyl (C=O) groups excluding carboxylic acids is 2. The molecular weight excluding hydrogens is 534 g/mol. The number of carbonyl (C=O) groups is 2. The molecule has 0 aliphatic carbocycles. The van der Waals surface area contributed by atoms with Crippen molar-refractivity contribution in [2.45, 2.75) is 52.2 Å². The van der Waals surface area contributed by atoms with Crippen molar-refractivity contribution in [3.8, 4) is 5.75 Å². The molecule has 192 valence electrons. The van der Waals surface area contributed by atoms with Crippen molar-refractivity contribution in [1.82, 2.24) is 10.2 Å². The number of hydrogen-bond donors (Lipinski definition) is 1. The summed E-state index contributed by atoms with van der Waals surface area (Å²) in [5.74, 6) is -0.107. The van der Waals surface area contributed by atoms with Crippen LogP contribution in [0.5, 0.6) is 5.75 Å². The van der Waals surface area contributed by atoms with Crippen molar-refractivity contribution in [2.24, 2.45) is 0 Å². The lowest BCUT2D eigenvalue weighted by Crippen LogP contribution is -2.55. The summed E-state index contributed by atoms with van der Waals surface area (Å²) >= 11 is 3.34. The molecule has 1 atom stereocenters. The molecule has 0 bridgehead atoms. The summed E-state index contributed by atoms with van der Waals surface area (Å²) in [6, 6.07) is 13.1. The maximum atomic E-state index is 13.6. The average Bonchev–Trinajstić information content (AvgIpc) is 2.76. The van der Waals surface area contributed by atoms with E-state index in [0.717, 1.165) is 20.6 Å². The summed E-state index contributed by atoms with van der Waals surface area (Å²) in [6.07, 6.45) is 1.42. The van der Waals surface area contributed by atoms with Crippen molar-refractivity contribution in [2.75, 3.05) is 24.2 Å². The highest BCUT2D eigenvalue weighted by molar-refractivity contribution is 9.10. The van der Waals surface area contributed by atoms with Gasteiger partial charge in [-0.1, -0.05) is 35.0 Å². The van der Waals surface area contributed by atoms with E-state index in [9.17, 15) is 18.0 Å². The normalized spacial score (nSPS) is 12.5. The Kier molecular flexibility index (Phi) is 9.74. The van der Waals surface area contributed by atoms with E-state index in [1.807, 2.05) is 39.8 Å². The fourth-order valence-electron chi connectivity index (χ4n) is 3.52. The molecule has 0 fully saturated rings. The van der Waals surface area contributed by atoms with Gasteiger partial charge >= 0.3 is 0 Å². The first-order valence-corrected chi connectivity index (χ1v) is 13.9. The summed E-state index contributed by atoms with van der Waals surface area (Å²) in [6.45, 7) is 7.13. The third-order valence-electron chi connectivity index (χ3n) is 5.19. The average molecular weight is 569 g/mol. The number of sulfonamides is 1. The molecule has 35 heavy (non-hydrogen) atoms. The molecule has 2 aromatic carbocycles. The quantitative estimate of drug-likeness (QED) is 0.469. The highest BCUT2D eigenvalue weighted by Gasteiger charge is 2.33. The van der Waals surface area contributed by atoms with Gasteiger partial charge in [0, 0.05) is 16.6 Å². The van der Waals surface area contributed by atoms with Gasteiger partial charge in [-0.2, -0.15) is 0 Å². The topological polar surface area (TPSA) is 96.0 Å². The maximum absolute atomic E-state index is 13.6. The van der Waals surface area contributed by atoms with E-state index in [0.29, 0.717) is 17.9 Å². The van der Waals surface area contributed by atoms with Gasteiger partial charge in [-0.25, -0.2) is 8.42 Å². The first-order valence-electron chi connectivity index (χ1n) is 11.2. The second-order valence-corrected chi connectivity index (χ2v) is 12.1. The predicted molar refractivity (Wildman–Crippen MR) is 142 cm³/mol. The van der Waals surface area contributed by atoms with Gasteiger partial charge in [0.25, 0.3) is 0 Å². The molecule has 0 unspecified atom stereocenters. The van der Waals surface area contributed by atoms with Crippen LogP contribution in [0.1, 0.15) is 39.7 Å². The van der Waals surface area contributed by atoms with Crippen LogP contribution in [0.4, 0.5) is 5.69 Å². The number of nitrogens with zero attached hydrogens (tertiary/aromatic N) is 2. The van der Waals surface area contributed by atoms with E-state index >= 15 is 0 Å². The number of methoxy groups -OCH3 is 1. The van der Waals surface area contributed by atoms with Crippen molar-refractivity contribution < 1.29 is 22.7 Å². The fraction of sp³-hybridized carbons (Fsp3) is 0.440. The molecule has 1 N–H and O–H groups in total. The minimum Gasteiger partial charge on any atom is -0.497 e. The van der Waals surface area contributed by atoms with Crippen LogP contribution in [0, 0.1) is 0 Å². The number of rotatable bonds is 10. The Bertz CT molecular complexity index is 1110. The van der Waals surface area contributed by atoms with Gasteiger partial charge in [0.2, 0.25) is 21.8 Å². The minimum absolute atomic E-state index is 0.136. The molecule has 0 saturated heterocycles. The molecule has 0 radical (unpaired) electrons. The van der Waals surface area contributed by atoms with E-state index in [4.69, 9.17) is 4.74 Å². The Morgan fingerprint density at radius 2 is 1.63 bits per heavy atom. The third-order valence-corrected chi connectivity index (χ3v) is 6.86. The van der Waals surface area contributed by atoms with Crippen molar-refractivity contribution >= 4 is 43.5 Å². The Morgan fingerprint density at radius 3 is 2.09 bits per heavy atom. The summed E-state index contributed by atoms with van der Waals surface area (Å²) in [7, 11) is -2.20. The molecule has 0 heterocycles. The summed E-state index contributed by atoms with van der Waals surface area (Å²) in [4.78, 5) is 28.2. The molecule has 2 aromatic rings. The van der Waals surface area contributed by atoms with Crippen LogP contribution in [0.25, 0.3) is 0 Å². The van der Waals surface area contributed by atoms with Gasteiger partial charge in [-0.3, -0.25) is 13.9 Å². The first-order chi connectivity index (χ1) is 16.2. The summed E-state index contributed by atoms with van der Waals surface area (Å²) in [5.41, 5.74) is 0.659. The Labute approximate surface area is 216 Å². The first kappa shape index (κ1) is 28.6. The van der Waals surface area contributed by atoms with E-state index in [-0.39, 0.29) is 12.5 Å². The molecule has 0 aliphatic heterocycles. The summed E-state index contributed by atoms with van der Waals surface area (Å²) < 4.78 is 32.3. The molecule has 2 amide bonds. The molecule has 0 spiro atoms. The molecular formula is C25H34BrN3O5S. The SMILES string of the molecule is CC[C@H](C(=O)NC(C)(C)C)N(Cc1ccc(OC)cc1)C(=O)CN(c1ccc(Br)cc1)S(C)(=O)=O. The number of halogens is 1. The molecule has 0 aliphatic rings. The highest BCUT2D eigenvalue weighted by atomic mass is 79.9. The van der Waals surface area contributed by atoms with Crippen LogP contribution in [-0.4, -0.2) is 56.6 Å². The van der Waals surface area contributed by atoms with Gasteiger partial charge in [0.1, 0.15) is 18.3 Å². The third kappa shape index (κ3) is 8.54. The predicted octanol–water partition coefficient (Wildman–Crippen LogP) is 3.95. The fourth-order valence-corrected chi connectivity index (χ4v) is 4.64. The highest BCUT2D eigenvalue weighted by Crippen LogP contribution is 2.22. The summed E-state index contributed by atoms with van der Waals surface area (Å²) in [5, 5.41) is 2.94. The molecule has 8 nitrogen and oxygen atoms in total. The van der Waals surface area contributed by atoms with E-state index in [1.54, 1.807) is 43.5 Å². The zero-order valence-electron chi connectivity index (χ0n) is 21.0. The number of nitrogens with one attached hydrogen (secondary N) is 1. The zero-order chi connectivity index (χ0) is 26.4. The zero-order valence-corrected chi connectivity index (χ0v) is 23.4. The van der Waals surface area contributed by atoms with Crippen molar-refractivity contribution in [3.05, 3.63) is 58.6 Å². The van der Waals surface area contributed by atoms with E-state index in [2.05, 4.69) is 21.2 Å². The number of amides is 2. The van der Waals surface area contributed by atoms with Crippen LogP contribution < -0.4 is 14.4 Å². The number of benzene rings is 2. The lowest BCUT2D eigenvalue weighted by Gasteiger charge is -2.34. The number of ether oxygens (including phenoxy) is 1. The monoisotopic (exact) mass is 567 g/mol. The van der Waals surface area contributed by atoms with Crippen LogP contribution >= 0.6 is 15.9 Å². The van der Waals surface area contributed by atoms with Crippen molar-refractivity contribution in [1.29, 1.82) is 0 Å². The molecule has 0 aromatic heterocycles. The van der Waals surface area contributed by atoms with Gasteiger partial charge in [0.15, 0.2) is 0 Å². The Hall–Kier alpha value is -2.59. The van der Waals surface area contributed by atoms with Crippen LogP contribution in [0.15, 0.2) is 53.0 Å². The van der Waals surface area contributed by atoms with Crippen LogP contribution in [-0.2, 0) is 26.2 Å². The largest absolute Gasteiger partial charge is 0.497 e. The standard InChI is InChI=1S/C25H34BrN3O5S/c1-7-22(24(31)27-25(2,3)4)28(16-18-8-14-21(34-5)15-9-18)23(30)17-29(35(6,32)33)20-12-10-19(26)11-13-20/h8-15,22H,7,16-17H2,1-6H3,(H,27,31)/t22-/m1/s1. The smallest absolute Gasteiger partial charge is 0.244 e. The maximum Gasteiger partial charge on any atom is 0.244 e. The minimum atomic E-state index is -3.77. The van der Waals surface area contributed by atoms with Gasteiger partial charge in [-0.15, -0.1) is 0 Å². The van der Waals surface area contributed by atoms with Crippen LogP contribution in [0.2, 0.25) is 0 Å².